The highest BCUT2D eigenvalue weighted by Crippen LogP contribution is 2.31. The molecule has 1 N–H and O–H groups in total. The minimum atomic E-state index is 0.434. The van der Waals surface area contributed by atoms with Crippen LogP contribution in [0.1, 0.15) is 51.6 Å². The van der Waals surface area contributed by atoms with Crippen LogP contribution in [0.4, 0.5) is 0 Å². The fourth-order valence-corrected chi connectivity index (χ4v) is 3.26. The smallest absolute Gasteiger partial charge is 0.0334 e. The van der Waals surface area contributed by atoms with Gasteiger partial charge in [0.1, 0.15) is 0 Å². The van der Waals surface area contributed by atoms with Crippen LogP contribution in [-0.4, -0.2) is 6.54 Å². The summed E-state index contributed by atoms with van der Waals surface area (Å²) in [5.41, 5.74) is 1.36. The van der Waals surface area contributed by atoms with Crippen LogP contribution >= 0.6 is 31.9 Å². The minimum Gasteiger partial charge on any atom is -0.310 e. The van der Waals surface area contributed by atoms with Gasteiger partial charge >= 0.3 is 0 Å². The van der Waals surface area contributed by atoms with Gasteiger partial charge in [-0.1, -0.05) is 65.5 Å². The van der Waals surface area contributed by atoms with Gasteiger partial charge in [-0.25, -0.2) is 0 Å². The lowest BCUT2D eigenvalue weighted by Gasteiger charge is -2.23. The Balaban J connectivity index is 2.85. The lowest BCUT2D eigenvalue weighted by atomic mass is 9.93. The van der Waals surface area contributed by atoms with Crippen LogP contribution < -0.4 is 5.32 Å². The van der Waals surface area contributed by atoms with Crippen LogP contribution in [0.15, 0.2) is 27.1 Å². The van der Waals surface area contributed by atoms with Gasteiger partial charge in [-0.15, -0.1) is 0 Å². The van der Waals surface area contributed by atoms with Crippen molar-refractivity contribution in [3.63, 3.8) is 0 Å². The van der Waals surface area contributed by atoms with E-state index in [-0.39, 0.29) is 0 Å². The zero-order valence-corrected chi connectivity index (χ0v) is 14.6. The fourth-order valence-electron chi connectivity index (χ4n) is 2.36. The predicted molar refractivity (Wildman–Crippen MR) is 86.9 cm³/mol. The summed E-state index contributed by atoms with van der Waals surface area (Å²) in [4.78, 5) is 0. The Bertz CT molecular complexity index is 366. The molecular weight excluding hydrogens is 354 g/mol. The first-order chi connectivity index (χ1) is 8.58. The van der Waals surface area contributed by atoms with Gasteiger partial charge in [0.15, 0.2) is 0 Å². The summed E-state index contributed by atoms with van der Waals surface area (Å²) < 4.78 is 2.34. The Morgan fingerprint density at radius 1 is 1.22 bits per heavy atom. The van der Waals surface area contributed by atoms with Crippen molar-refractivity contribution >= 4 is 31.9 Å². The lowest BCUT2D eigenvalue weighted by molar-refractivity contribution is 0.394. The van der Waals surface area contributed by atoms with Gasteiger partial charge in [0.25, 0.3) is 0 Å². The molecule has 1 rings (SSSR count). The molecule has 0 radical (unpaired) electrons. The third-order valence-corrected chi connectivity index (χ3v) is 4.42. The summed E-state index contributed by atoms with van der Waals surface area (Å²) in [6.45, 7) is 7.78. The summed E-state index contributed by atoms with van der Waals surface area (Å²) in [6.07, 6.45) is 3.75. The second-order valence-electron chi connectivity index (χ2n) is 4.91. The van der Waals surface area contributed by atoms with Crippen LogP contribution in [0.25, 0.3) is 0 Å². The van der Waals surface area contributed by atoms with E-state index in [0.29, 0.717) is 6.04 Å². The molecule has 0 amide bonds. The van der Waals surface area contributed by atoms with Gasteiger partial charge in [0.05, 0.1) is 0 Å². The average molecular weight is 377 g/mol. The summed E-state index contributed by atoms with van der Waals surface area (Å²) in [5.74, 6) is 0.755. The molecule has 0 bridgehead atoms. The maximum atomic E-state index is 3.67. The van der Waals surface area contributed by atoms with Crippen LogP contribution in [0.2, 0.25) is 0 Å². The van der Waals surface area contributed by atoms with E-state index in [4.69, 9.17) is 0 Å². The number of benzene rings is 1. The first-order valence-electron chi connectivity index (χ1n) is 6.76. The first-order valence-corrected chi connectivity index (χ1v) is 8.35. The third-order valence-electron chi connectivity index (χ3n) is 3.20. The average Bonchev–Trinajstić information content (AvgIpc) is 2.32. The van der Waals surface area contributed by atoms with E-state index in [1.807, 2.05) is 0 Å². The maximum Gasteiger partial charge on any atom is 0.0334 e. The van der Waals surface area contributed by atoms with Crippen molar-refractivity contribution in [3.8, 4) is 0 Å². The van der Waals surface area contributed by atoms with Crippen LogP contribution in [-0.2, 0) is 0 Å². The van der Waals surface area contributed by atoms with Crippen LogP contribution in [0.5, 0.6) is 0 Å². The highest BCUT2D eigenvalue weighted by atomic mass is 79.9. The molecule has 0 aromatic heterocycles. The van der Waals surface area contributed by atoms with E-state index in [0.717, 1.165) is 16.9 Å². The highest BCUT2D eigenvalue weighted by Gasteiger charge is 2.16. The van der Waals surface area contributed by atoms with Crippen molar-refractivity contribution in [1.29, 1.82) is 0 Å². The van der Waals surface area contributed by atoms with Crippen molar-refractivity contribution in [3.05, 3.63) is 32.7 Å². The summed E-state index contributed by atoms with van der Waals surface area (Å²) in [5, 5.41) is 3.61. The largest absolute Gasteiger partial charge is 0.310 e. The van der Waals surface area contributed by atoms with E-state index in [1.165, 1.54) is 29.3 Å². The molecule has 0 spiro atoms. The van der Waals surface area contributed by atoms with Crippen LogP contribution in [0, 0.1) is 5.92 Å². The van der Waals surface area contributed by atoms with Gasteiger partial charge in [-0.3, -0.25) is 0 Å². The monoisotopic (exact) mass is 375 g/mol. The molecule has 1 aromatic rings. The Hall–Kier alpha value is 0.140. The van der Waals surface area contributed by atoms with Gasteiger partial charge in [0, 0.05) is 15.0 Å². The van der Waals surface area contributed by atoms with E-state index in [9.17, 15) is 0 Å². The van der Waals surface area contributed by atoms with Crippen LogP contribution in [0.3, 0.4) is 0 Å². The summed E-state index contributed by atoms with van der Waals surface area (Å²) in [6, 6.07) is 6.85. The summed E-state index contributed by atoms with van der Waals surface area (Å²) in [7, 11) is 0. The lowest BCUT2D eigenvalue weighted by Crippen LogP contribution is -2.23. The quantitative estimate of drug-likeness (QED) is 0.644. The molecule has 102 valence electrons. The molecule has 1 aromatic carbocycles. The van der Waals surface area contributed by atoms with Crippen molar-refractivity contribution in [2.45, 2.75) is 46.1 Å². The Morgan fingerprint density at radius 3 is 2.56 bits per heavy atom. The number of hydrogen-bond donors (Lipinski definition) is 1. The van der Waals surface area contributed by atoms with E-state index < -0.39 is 0 Å². The Labute approximate surface area is 128 Å². The number of halogens is 2. The molecule has 0 aliphatic heterocycles. The van der Waals surface area contributed by atoms with Gasteiger partial charge < -0.3 is 5.32 Å². The van der Waals surface area contributed by atoms with Gasteiger partial charge in [-0.2, -0.15) is 0 Å². The number of rotatable bonds is 7. The molecule has 0 saturated heterocycles. The summed E-state index contributed by atoms with van der Waals surface area (Å²) >= 11 is 7.23. The molecule has 2 atom stereocenters. The predicted octanol–water partition coefficient (Wildman–Crippen LogP) is 5.69. The van der Waals surface area contributed by atoms with Crippen molar-refractivity contribution in [2.75, 3.05) is 6.54 Å². The molecular formula is C15H23Br2N. The maximum absolute atomic E-state index is 3.67. The zero-order chi connectivity index (χ0) is 13.5. The molecule has 0 fully saturated rings. The second kappa shape index (κ2) is 8.34. The van der Waals surface area contributed by atoms with Gasteiger partial charge in [0.2, 0.25) is 0 Å². The molecule has 0 aliphatic rings. The van der Waals surface area contributed by atoms with Gasteiger partial charge in [-0.05, 0) is 42.6 Å². The zero-order valence-electron chi connectivity index (χ0n) is 11.5. The van der Waals surface area contributed by atoms with Crippen molar-refractivity contribution in [1.82, 2.24) is 5.32 Å². The molecule has 2 unspecified atom stereocenters. The topological polar surface area (TPSA) is 12.0 Å². The molecule has 0 saturated carbocycles. The molecule has 18 heavy (non-hydrogen) atoms. The van der Waals surface area contributed by atoms with Crippen molar-refractivity contribution in [2.24, 2.45) is 5.92 Å². The number of nitrogens with one attached hydrogen (secondary N) is 1. The van der Waals surface area contributed by atoms with Crippen molar-refractivity contribution < 1.29 is 0 Å². The van der Waals surface area contributed by atoms with E-state index >= 15 is 0 Å². The normalized spacial score (nSPS) is 14.5. The number of hydrogen-bond acceptors (Lipinski definition) is 1. The Kier molecular flexibility index (Phi) is 7.50. The fraction of sp³-hybridized carbons (Fsp3) is 0.600. The third kappa shape index (κ3) is 5.02. The SMILES string of the molecule is CCCC(C)CC(NCC)c1cc(Br)ccc1Br. The molecule has 0 heterocycles. The second-order valence-corrected chi connectivity index (χ2v) is 6.68. The standard InChI is InChI=1S/C15H23Br2N/c1-4-6-11(3)9-15(18-5-2)13-10-12(16)7-8-14(13)17/h7-8,10-11,15,18H,4-6,9H2,1-3H3. The Morgan fingerprint density at radius 2 is 1.94 bits per heavy atom. The first kappa shape index (κ1) is 16.2. The minimum absolute atomic E-state index is 0.434. The highest BCUT2D eigenvalue weighted by molar-refractivity contribution is 9.11. The van der Waals surface area contributed by atoms with E-state index in [2.05, 4.69) is 76.1 Å². The molecule has 1 nitrogen and oxygen atoms in total. The molecule has 0 aliphatic carbocycles. The van der Waals surface area contributed by atoms with E-state index in [1.54, 1.807) is 0 Å². The molecule has 3 heteroatoms.